The van der Waals surface area contributed by atoms with Crippen molar-refractivity contribution < 1.29 is 9.18 Å². The van der Waals surface area contributed by atoms with Crippen molar-refractivity contribution in [1.82, 2.24) is 4.90 Å². The Bertz CT molecular complexity index is 630. The molecule has 21 heavy (non-hydrogen) atoms. The number of Topliss-reactive ketones (excluding diaryl/α,β-unsaturated/α-hetero) is 1. The summed E-state index contributed by atoms with van der Waals surface area (Å²) in [6.45, 7) is 0.849. The van der Waals surface area contributed by atoms with Crippen LogP contribution in [-0.4, -0.2) is 24.3 Å². The molecule has 2 aromatic rings. The van der Waals surface area contributed by atoms with Crippen LogP contribution in [0.25, 0.3) is 0 Å². The third-order valence-corrected chi connectivity index (χ3v) is 3.56. The van der Waals surface area contributed by atoms with Gasteiger partial charge in [-0.25, -0.2) is 4.39 Å². The summed E-state index contributed by atoms with van der Waals surface area (Å²) in [4.78, 5) is 13.9. The number of rotatable bonds is 6. The quantitative estimate of drug-likeness (QED) is 0.810. The molecule has 0 aliphatic heterocycles. The first kappa shape index (κ1) is 15.7. The van der Waals surface area contributed by atoms with Gasteiger partial charge in [-0.15, -0.1) is 0 Å². The second kappa shape index (κ2) is 7.34. The Kier molecular flexibility index (Phi) is 5.48. The van der Waals surface area contributed by atoms with Crippen molar-refractivity contribution in [3.63, 3.8) is 0 Å². The van der Waals surface area contributed by atoms with Crippen molar-refractivity contribution in [2.24, 2.45) is 0 Å². The van der Waals surface area contributed by atoms with Crippen LogP contribution in [0.4, 0.5) is 4.39 Å². The molecule has 2 nitrogen and oxygen atoms in total. The highest BCUT2D eigenvalue weighted by molar-refractivity contribution is 6.31. The lowest BCUT2D eigenvalue weighted by molar-refractivity contribution is -0.119. The highest BCUT2D eigenvalue weighted by Gasteiger charge is 2.11. The van der Waals surface area contributed by atoms with Gasteiger partial charge in [-0.2, -0.15) is 0 Å². The summed E-state index contributed by atoms with van der Waals surface area (Å²) in [5.74, 6) is -0.353. The summed E-state index contributed by atoms with van der Waals surface area (Å²) in [5.41, 5.74) is 1.41. The van der Waals surface area contributed by atoms with Crippen LogP contribution in [0.1, 0.15) is 11.1 Å². The van der Waals surface area contributed by atoms with Crippen LogP contribution in [0.3, 0.4) is 0 Å². The first-order chi connectivity index (χ1) is 10.1. The number of benzene rings is 2. The van der Waals surface area contributed by atoms with Crippen LogP contribution in [0.2, 0.25) is 5.02 Å². The number of likely N-dealkylation sites (N-methyl/N-ethyl adjacent to an activating group) is 1. The topological polar surface area (TPSA) is 20.3 Å². The van der Waals surface area contributed by atoms with Crippen molar-refractivity contribution in [1.29, 1.82) is 0 Å². The van der Waals surface area contributed by atoms with Gasteiger partial charge in [0.1, 0.15) is 5.82 Å². The Morgan fingerprint density at radius 3 is 2.38 bits per heavy atom. The van der Waals surface area contributed by atoms with E-state index in [-0.39, 0.29) is 24.6 Å². The predicted octanol–water partition coefficient (Wildman–Crippen LogP) is 3.72. The molecule has 2 aromatic carbocycles. The van der Waals surface area contributed by atoms with E-state index in [9.17, 15) is 9.18 Å². The first-order valence-corrected chi connectivity index (χ1v) is 7.11. The fourth-order valence-corrected chi connectivity index (χ4v) is 2.38. The molecular weight excluding hydrogens is 289 g/mol. The average molecular weight is 306 g/mol. The number of hydrogen-bond acceptors (Lipinski definition) is 2. The Morgan fingerprint density at radius 2 is 1.71 bits per heavy atom. The molecule has 0 aromatic heterocycles. The van der Waals surface area contributed by atoms with Gasteiger partial charge >= 0.3 is 0 Å². The van der Waals surface area contributed by atoms with E-state index in [4.69, 9.17) is 11.6 Å². The molecule has 0 bridgehead atoms. The van der Waals surface area contributed by atoms with Gasteiger partial charge in [-0.05, 0) is 30.3 Å². The third kappa shape index (κ3) is 4.66. The Labute approximate surface area is 129 Å². The molecule has 0 radical (unpaired) electrons. The van der Waals surface area contributed by atoms with Gasteiger partial charge in [0.2, 0.25) is 0 Å². The number of nitrogens with zero attached hydrogens (tertiary/aromatic N) is 1. The second-order valence-electron chi connectivity index (χ2n) is 5.07. The fraction of sp³-hybridized carbons (Fsp3) is 0.235. The molecule has 0 saturated heterocycles. The lowest BCUT2D eigenvalue weighted by atomic mass is 10.1. The van der Waals surface area contributed by atoms with E-state index >= 15 is 0 Å². The summed E-state index contributed by atoms with van der Waals surface area (Å²) in [6.07, 6.45) is 0.111. The van der Waals surface area contributed by atoms with Crippen LogP contribution < -0.4 is 0 Å². The Morgan fingerprint density at radius 1 is 1.10 bits per heavy atom. The summed E-state index contributed by atoms with van der Waals surface area (Å²) >= 11 is 6.09. The molecule has 0 aliphatic rings. The van der Waals surface area contributed by atoms with E-state index in [0.29, 0.717) is 17.1 Å². The molecule has 0 N–H and O–H groups in total. The molecule has 0 aliphatic carbocycles. The monoisotopic (exact) mass is 305 g/mol. The summed E-state index contributed by atoms with van der Waals surface area (Å²) in [7, 11) is 1.85. The van der Waals surface area contributed by atoms with Crippen LogP contribution >= 0.6 is 11.6 Å². The van der Waals surface area contributed by atoms with E-state index in [2.05, 4.69) is 0 Å². The zero-order valence-corrected chi connectivity index (χ0v) is 12.6. The van der Waals surface area contributed by atoms with E-state index in [1.165, 1.54) is 6.07 Å². The smallest absolute Gasteiger partial charge is 0.151 e. The molecule has 2 rings (SSSR count). The summed E-state index contributed by atoms with van der Waals surface area (Å²) in [6, 6.07) is 13.9. The molecule has 0 spiro atoms. The van der Waals surface area contributed by atoms with Gasteiger partial charge in [-0.3, -0.25) is 9.69 Å². The molecule has 0 heterocycles. The Hall–Kier alpha value is -1.71. The molecule has 0 fully saturated rings. The highest BCUT2D eigenvalue weighted by Crippen LogP contribution is 2.16. The maximum atomic E-state index is 13.5. The maximum Gasteiger partial charge on any atom is 0.151 e. The van der Waals surface area contributed by atoms with Crippen molar-refractivity contribution >= 4 is 17.4 Å². The lowest BCUT2D eigenvalue weighted by Gasteiger charge is -2.16. The van der Waals surface area contributed by atoms with Crippen molar-refractivity contribution in [2.75, 3.05) is 13.6 Å². The SMILES string of the molecule is CN(CC(=O)Cc1ccccc1F)Cc1ccccc1Cl. The van der Waals surface area contributed by atoms with E-state index in [0.717, 1.165) is 5.56 Å². The maximum absolute atomic E-state index is 13.5. The van der Waals surface area contributed by atoms with Gasteiger partial charge in [0.25, 0.3) is 0 Å². The molecule has 0 atom stereocenters. The van der Waals surface area contributed by atoms with Gasteiger partial charge in [0.15, 0.2) is 5.78 Å². The molecule has 0 saturated carbocycles. The third-order valence-electron chi connectivity index (χ3n) is 3.19. The fourth-order valence-electron chi connectivity index (χ4n) is 2.18. The zero-order chi connectivity index (χ0) is 15.2. The summed E-state index contributed by atoms with van der Waals surface area (Å²) in [5, 5.41) is 0.686. The first-order valence-electron chi connectivity index (χ1n) is 6.73. The van der Waals surface area contributed by atoms with Crippen molar-refractivity contribution in [3.05, 3.63) is 70.5 Å². The van der Waals surface area contributed by atoms with Gasteiger partial charge in [0, 0.05) is 18.0 Å². The number of carbonyl (C=O) groups is 1. The standard InChI is InChI=1S/C17H17ClFNO/c1-20(11-14-7-2-4-8-16(14)18)12-15(21)10-13-6-3-5-9-17(13)19/h2-9H,10-12H2,1H3. The van der Waals surface area contributed by atoms with Crippen LogP contribution in [0.5, 0.6) is 0 Å². The molecule has 0 unspecified atom stereocenters. The van der Waals surface area contributed by atoms with E-state index in [1.54, 1.807) is 18.2 Å². The minimum absolute atomic E-state index is 0.0188. The van der Waals surface area contributed by atoms with E-state index in [1.807, 2.05) is 36.2 Å². The van der Waals surface area contributed by atoms with Crippen LogP contribution in [0.15, 0.2) is 48.5 Å². The van der Waals surface area contributed by atoms with Crippen molar-refractivity contribution in [2.45, 2.75) is 13.0 Å². The largest absolute Gasteiger partial charge is 0.298 e. The normalized spacial score (nSPS) is 10.9. The van der Waals surface area contributed by atoms with Crippen LogP contribution in [-0.2, 0) is 17.8 Å². The molecule has 4 heteroatoms. The number of carbonyl (C=O) groups excluding carboxylic acids is 1. The van der Waals surface area contributed by atoms with Crippen molar-refractivity contribution in [3.8, 4) is 0 Å². The second-order valence-corrected chi connectivity index (χ2v) is 5.48. The molecular formula is C17H17ClFNO. The van der Waals surface area contributed by atoms with Gasteiger partial charge in [0.05, 0.1) is 6.54 Å². The number of halogens is 2. The van der Waals surface area contributed by atoms with Gasteiger partial charge < -0.3 is 0 Å². The minimum atomic E-state index is -0.334. The molecule has 110 valence electrons. The lowest BCUT2D eigenvalue weighted by Crippen LogP contribution is -2.26. The van der Waals surface area contributed by atoms with Gasteiger partial charge in [-0.1, -0.05) is 48.0 Å². The predicted molar refractivity (Wildman–Crippen MR) is 82.9 cm³/mol. The minimum Gasteiger partial charge on any atom is -0.298 e. The van der Waals surface area contributed by atoms with E-state index < -0.39 is 0 Å². The zero-order valence-electron chi connectivity index (χ0n) is 11.9. The highest BCUT2D eigenvalue weighted by atomic mass is 35.5. The molecule has 0 amide bonds. The van der Waals surface area contributed by atoms with Crippen LogP contribution in [0, 0.1) is 5.82 Å². The number of ketones is 1. The number of hydrogen-bond donors (Lipinski definition) is 0. The average Bonchev–Trinajstić information content (AvgIpc) is 2.44. The Balaban J connectivity index is 1.91. The summed E-state index contributed by atoms with van der Waals surface area (Å²) < 4.78 is 13.5.